The molecule has 1 saturated carbocycles. The van der Waals surface area contributed by atoms with Crippen LogP contribution in [0, 0.1) is 11.3 Å². The highest BCUT2D eigenvalue weighted by Crippen LogP contribution is 2.53. The minimum atomic E-state index is -0.914. The molecule has 0 spiro atoms. The summed E-state index contributed by atoms with van der Waals surface area (Å²) >= 11 is 0. The fraction of sp³-hybridized carbons (Fsp3) is 0.500. The number of nitrogens with zero attached hydrogens (tertiary/aromatic N) is 1. The molecule has 1 aliphatic heterocycles. The number of amides is 1. The highest BCUT2D eigenvalue weighted by Gasteiger charge is 2.52. The number of benzene rings is 1. The van der Waals surface area contributed by atoms with E-state index in [-0.39, 0.29) is 17.2 Å². The zero-order valence-corrected chi connectivity index (χ0v) is 11.8. The maximum Gasteiger partial charge on any atom is 0.336 e. The lowest BCUT2D eigenvalue weighted by molar-refractivity contribution is -0.120. The summed E-state index contributed by atoms with van der Waals surface area (Å²) < 4.78 is 0. The largest absolute Gasteiger partial charge is 0.478 e. The topological polar surface area (TPSA) is 57.6 Å². The van der Waals surface area contributed by atoms with Gasteiger partial charge in [0.15, 0.2) is 0 Å². The van der Waals surface area contributed by atoms with Gasteiger partial charge in [0.1, 0.15) is 0 Å². The Balaban J connectivity index is 1.97. The number of fused-ring (bicyclic) bond motifs is 1. The van der Waals surface area contributed by atoms with Crippen LogP contribution in [-0.4, -0.2) is 23.5 Å². The number of hydrogen-bond acceptors (Lipinski definition) is 2. The Bertz CT molecular complexity index is 591. The van der Waals surface area contributed by atoms with Crippen LogP contribution in [0.1, 0.15) is 42.6 Å². The molecular weight excluding hydrogens is 254 g/mol. The first-order valence-electron chi connectivity index (χ1n) is 7.08. The van der Waals surface area contributed by atoms with Gasteiger partial charge in [-0.15, -0.1) is 0 Å². The van der Waals surface area contributed by atoms with E-state index in [2.05, 4.69) is 13.8 Å². The van der Waals surface area contributed by atoms with Crippen LogP contribution >= 0.6 is 0 Å². The summed E-state index contributed by atoms with van der Waals surface area (Å²) in [5.41, 5.74) is 2.02. The van der Waals surface area contributed by atoms with E-state index < -0.39 is 5.97 Å². The van der Waals surface area contributed by atoms with E-state index in [1.807, 2.05) is 6.07 Å². The van der Waals surface area contributed by atoms with Gasteiger partial charge in [-0.1, -0.05) is 19.9 Å². The second-order valence-electron chi connectivity index (χ2n) is 6.45. The molecule has 1 amide bonds. The fourth-order valence-electron chi connectivity index (χ4n) is 3.13. The van der Waals surface area contributed by atoms with Gasteiger partial charge in [0.05, 0.1) is 5.56 Å². The Morgan fingerprint density at radius 3 is 2.65 bits per heavy atom. The molecule has 4 heteroatoms. The van der Waals surface area contributed by atoms with Crippen LogP contribution in [0.2, 0.25) is 0 Å². The predicted molar refractivity (Wildman–Crippen MR) is 76.0 cm³/mol. The maximum absolute atomic E-state index is 12.6. The highest BCUT2D eigenvalue weighted by atomic mass is 16.4. The van der Waals surface area contributed by atoms with Crippen molar-refractivity contribution >= 4 is 17.6 Å². The molecule has 20 heavy (non-hydrogen) atoms. The van der Waals surface area contributed by atoms with Crippen molar-refractivity contribution in [3.8, 4) is 0 Å². The Morgan fingerprint density at radius 2 is 2.05 bits per heavy atom. The van der Waals surface area contributed by atoms with Crippen LogP contribution < -0.4 is 4.90 Å². The van der Waals surface area contributed by atoms with Crippen LogP contribution in [-0.2, 0) is 11.2 Å². The average Bonchev–Trinajstić information content (AvgIpc) is 3.05. The van der Waals surface area contributed by atoms with Crippen molar-refractivity contribution in [3.63, 3.8) is 0 Å². The highest BCUT2D eigenvalue weighted by molar-refractivity contribution is 6.00. The number of rotatable bonds is 2. The molecule has 1 aliphatic carbocycles. The van der Waals surface area contributed by atoms with Gasteiger partial charge >= 0.3 is 5.97 Å². The van der Waals surface area contributed by atoms with E-state index in [1.165, 1.54) is 0 Å². The van der Waals surface area contributed by atoms with E-state index in [0.29, 0.717) is 12.1 Å². The van der Waals surface area contributed by atoms with Gasteiger partial charge in [-0.25, -0.2) is 4.79 Å². The third-order valence-electron chi connectivity index (χ3n) is 4.56. The zero-order chi connectivity index (χ0) is 14.5. The van der Waals surface area contributed by atoms with Crippen LogP contribution in [0.3, 0.4) is 0 Å². The van der Waals surface area contributed by atoms with Crippen molar-refractivity contribution < 1.29 is 14.7 Å². The van der Waals surface area contributed by atoms with Crippen LogP contribution in [0.15, 0.2) is 18.2 Å². The molecule has 4 nitrogen and oxygen atoms in total. The first-order valence-corrected chi connectivity index (χ1v) is 7.08. The van der Waals surface area contributed by atoms with E-state index >= 15 is 0 Å². The molecule has 0 saturated heterocycles. The van der Waals surface area contributed by atoms with Gasteiger partial charge in [0.25, 0.3) is 0 Å². The van der Waals surface area contributed by atoms with Gasteiger partial charge < -0.3 is 10.0 Å². The minimum absolute atomic E-state index is 0.0851. The van der Waals surface area contributed by atoms with Gasteiger partial charge in [0.2, 0.25) is 5.91 Å². The molecule has 1 unspecified atom stereocenters. The molecule has 1 atom stereocenters. The molecule has 1 heterocycles. The van der Waals surface area contributed by atoms with Crippen molar-refractivity contribution in [1.82, 2.24) is 0 Å². The summed E-state index contributed by atoms with van der Waals surface area (Å²) in [4.78, 5) is 25.7. The van der Waals surface area contributed by atoms with Crippen molar-refractivity contribution in [2.45, 2.75) is 33.1 Å². The lowest BCUT2D eigenvalue weighted by atomic mass is 9.95. The summed E-state index contributed by atoms with van der Waals surface area (Å²) in [7, 11) is 0. The number of carbonyl (C=O) groups is 2. The Kier molecular flexibility index (Phi) is 2.85. The van der Waals surface area contributed by atoms with Crippen molar-refractivity contribution in [2.24, 2.45) is 11.3 Å². The second kappa shape index (κ2) is 4.33. The lowest BCUT2D eigenvalue weighted by Gasteiger charge is -2.31. The minimum Gasteiger partial charge on any atom is -0.478 e. The van der Waals surface area contributed by atoms with Gasteiger partial charge in [-0.05, 0) is 42.4 Å². The van der Waals surface area contributed by atoms with Crippen molar-refractivity contribution in [2.75, 3.05) is 11.4 Å². The molecule has 106 valence electrons. The number of aromatic carboxylic acids is 1. The summed E-state index contributed by atoms with van der Waals surface area (Å²) in [6, 6.07) is 5.22. The molecule has 1 aromatic carbocycles. The fourth-order valence-corrected chi connectivity index (χ4v) is 3.13. The first-order chi connectivity index (χ1) is 9.42. The molecule has 0 aromatic heterocycles. The number of anilines is 1. The van der Waals surface area contributed by atoms with Gasteiger partial charge in [-0.2, -0.15) is 0 Å². The third-order valence-corrected chi connectivity index (χ3v) is 4.56. The molecular formula is C16H19NO3. The maximum atomic E-state index is 12.6. The predicted octanol–water partition coefficient (Wildman–Crippen LogP) is 2.71. The summed E-state index contributed by atoms with van der Waals surface area (Å²) in [6.07, 6.45) is 2.49. The van der Waals surface area contributed by atoms with Gasteiger partial charge in [0, 0.05) is 18.2 Å². The molecule has 1 fully saturated rings. The quantitative estimate of drug-likeness (QED) is 0.901. The molecule has 3 rings (SSSR count). The van der Waals surface area contributed by atoms with Gasteiger partial charge in [-0.3, -0.25) is 4.79 Å². The molecule has 0 radical (unpaired) electrons. The SMILES string of the molecule is CC1(C)CC1C(=O)N1CCCc2c(C(=O)O)cccc21. The number of carboxylic acid groups (broad SMARTS) is 1. The third kappa shape index (κ3) is 1.99. The Hall–Kier alpha value is -1.84. The van der Waals surface area contributed by atoms with E-state index in [0.717, 1.165) is 30.5 Å². The van der Waals surface area contributed by atoms with Crippen LogP contribution in [0.25, 0.3) is 0 Å². The molecule has 1 N–H and O–H groups in total. The number of carboxylic acids is 1. The van der Waals surface area contributed by atoms with Crippen molar-refractivity contribution in [1.29, 1.82) is 0 Å². The van der Waals surface area contributed by atoms with Crippen molar-refractivity contribution in [3.05, 3.63) is 29.3 Å². The Morgan fingerprint density at radius 1 is 1.35 bits per heavy atom. The normalized spacial score (nSPS) is 23.1. The smallest absolute Gasteiger partial charge is 0.336 e. The zero-order valence-electron chi connectivity index (χ0n) is 11.8. The second-order valence-corrected chi connectivity index (χ2v) is 6.45. The lowest BCUT2D eigenvalue weighted by Crippen LogP contribution is -2.37. The van der Waals surface area contributed by atoms with E-state index in [9.17, 15) is 14.7 Å². The van der Waals surface area contributed by atoms with E-state index in [1.54, 1.807) is 17.0 Å². The summed E-state index contributed by atoms with van der Waals surface area (Å²) in [5.74, 6) is -0.677. The molecule has 0 bridgehead atoms. The summed E-state index contributed by atoms with van der Waals surface area (Å²) in [5, 5.41) is 9.27. The van der Waals surface area contributed by atoms with Crippen LogP contribution in [0.5, 0.6) is 0 Å². The number of hydrogen-bond donors (Lipinski definition) is 1. The molecule has 1 aromatic rings. The summed E-state index contributed by atoms with van der Waals surface area (Å²) in [6.45, 7) is 4.91. The first kappa shape index (κ1) is 13.2. The average molecular weight is 273 g/mol. The standard InChI is InChI=1S/C16H19NO3/c1-16(2)9-12(16)14(18)17-8-4-6-10-11(15(19)20)5-3-7-13(10)17/h3,5,7,12H,4,6,8-9H2,1-2H3,(H,19,20). The van der Waals surface area contributed by atoms with E-state index in [4.69, 9.17) is 0 Å². The monoisotopic (exact) mass is 273 g/mol. The Labute approximate surface area is 118 Å². The molecule has 2 aliphatic rings. The number of carbonyl (C=O) groups excluding carboxylic acids is 1. The van der Waals surface area contributed by atoms with Crippen LogP contribution in [0.4, 0.5) is 5.69 Å².